The van der Waals surface area contributed by atoms with Gasteiger partial charge in [0.1, 0.15) is 17.9 Å². The first kappa shape index (κ1) is 18.0. The van der Waals surface area contributed by atoms with E-state index in [1.165, 1.54) is 12.1 Å². The van der Waals surface area contributed by atoms with Crippen molar-refractivity contribution < 1.29 is 23.8 Å². The molecule has 0 spiro atoms. The van der Waals surface area contributed by atoms with Crippen molar-refractivity contribution in [3.63, 3.8) is 0 Å². The van der Waals surface area contributed by atoms with E-state index in [1.807, 2.05) is 20.8 Å². The van der Waals surface area contributed by atoms with E-state index in [2.05, 4.69) is 4.98 Å². The molecule has 0 fully saturated rings. The van der Waals surface area contributed by atoms with Crippen molar-refractivity contribution in [3.05, 3.63) is 23.6 Å². The van der Waals surface area contributed by atoms with E-state index in [4.69, 9.17) is 9.15 Å². The molecule has 0 N–H and O–H groups in total. The van der Waals surface area contributed by atoms with Gasteiger partial charge in [-0.15, -0.1) is 0 Å². The second kappa shape index (κ2) is 5.92. The lowest BCUT2D eigenvalue weighted by molar-refractivity contribution is -0.266. The van der Waals surface area contributed by atoms with Crippen molar-refractivity contribution >= 4 is 22.9 Å². The number of esters is 1. The average Bonchev–Trinajstić information content (AvgIpc) is 2.84. The maximum atomic E-state index is 12.4. The van der Waals surface area contributed by atoms with Gasteiger partial charge in [-0.3, -0.25) is 4.79 Å². The smallest absolute Gasteiger partial charge is 0.338 e. The highest BCUT2D eigenvalue weighted by molar-refractivity contribution is 5.95. The zero-order chi connectivity index (χ0) is 18.3. The highest BCUT2D eigenvalue weighted by Gasteiger charge is 2.37. The van der Waals surface area contributed by atoms with E-state index < -0.39 is 22.5 Å². The van der Waals surface area contributed by atoms with Crippen molar-refractivity contribution in [2.24, 2.45) is 10.8 Å². The minimum absolute atomic E-state index is 0.00590. The summed E-state index contributed by atoms with van der Waals surface area (Å²) in [5, 5.41) is 12.0. The zero-order valence-electron chi connectivity index (χ0n) is 14.9. The van der Waals surface area contributed by atoms with Crippen LogP contribution in [0.5, 0.6) is 5.75 Å². The number of ether oxygens (including phenoxy) is 1. The van der Waals surface area contributed by atoms with E-state index >= 15 is 0 Å². The van der Waals surface area contributed by atoms with Crippen molar-refractivity contribution in [3.8, 4) is 5.75 Å². The van der Waals surface area contributed by atoms with Gasteiger partial charge < -0.3 is 14.3 Å². The number of aryl methyl sites for hydroxylation is 1. The largest absolute Gasteiger partial charge is 0.871 e. The second-order valence-corrected chi connectivity index (χ2v) is 7.59. The quantitative estimate of drug-likeness (QED) is 0.799. The number of hydrogen-bond acceptors (Lipinski definition) is 6. The molecule has 6 heteroatoms. The van der Waals surface area contributed by atoms with E-state index in [0.29, 0.717) is 5.89 Å². The van der Waals surface area contributed by atoms with Gasteiger partial charge in [0.15, 0.2) is 11.5 Å². The Labute approximate surface area is 140 Å². The van der Waals surface area contributed by atoms with E-state index in [1.54, 1.807) is 20.8 Å². The number of nitrogens with zero attached hydrogens (tertiary/aromatic N) is 1. The first-order valence-corrected chi connectivity index (χ1v) is 7.72. The lowest BCUT2D eigenvalue weighted by Crippen LogP contribution is -2.38. The number of benzene rings is 1. The molecular formula is C18H22NO5-. The van der Waals surface area contributed by atoms with Crippen molar-refractivity contribution in [2.45, 2.75) is 41.5 Å². The zero-order valence-corrected chi connectivity index (χ0v) is 14.9. The third-order valence-electron chi connectivity index (χ3n) is 3.66. The topological polar surface area (TPSA) is 92.5 Å². The molecular weight excluding hydrogens is 310 g/mol. The SMILES string of the molecule is Cc1nc2c([O-])cc(C(=O)OCC(C)(C)C(=O)C(C)(C)C)cc2o1. The summed E-state index contributed by atoms with van der Waals surface area (Å²) in [5.74, 6) is -0.725. The summed E-state index contributed by atoms with van der Waals surface area (Å²) in [6.07, 6.45) is 0. The first-order valence-electron chi connectivity index (χ1n) is 7.72. The molecule has 130 valence electrons. The van der Waals surface area contributed by atoms with E-state index in [-0.39, 0.29) is 29.1 Å². The van der Waals surface area contributed by atoms with E-state index in [9.17, 15) is 14.7 Å². The summed E-state index contributed by atoms with van der Waals surface area (Å²) < 4.78 is 10.6. The summed E-state index contributed by atoms with van der Waals surface area (Å²) in [6, 6.07) is 2.60. The molecule has 1 aromatic heterocycles. The molecule has 0 aliphatic heterocycles. The molecule has 2 rings (SSSR count). The first-order chi connectivity index (χ1) is 10.9. The molecule has 0 unspecified atom stereocenters. The molecule has 1 aromatic carbocycles. The van der Waals surface area contributed by atoms with Crippen LogP contribution in [-0.4, -0.2) is 23.3 Å². The summed E-state index contributed by atoms with van der Waals surface area (Å²) in [5.41, 5.74) is -0.831. The molecule has 6 nitrogen and oxygen atoms in total. The highest BCUT2D eigenvalue weighted by Crippen LogP contribution is 2.30. The molecule has 0 saturated carbocycles. The Kier molecular flexibility index (Phi) is 4.44. The summed E-state index contributed by atoms with van der Waals surface area (Å²) >= 11 is 0. The van der Waals surface area contributed by atoms with Crippen LogP contribution in [0.3, 0.4) is 0 Å². The molecule has 0 radical (unpaired) electrons. The van der Waals surface area contributed by atoms with Crippen LogP contribution in [0.15, 0.2) is 16.5 Å². The maximum Gasteiger partial charge on any atom is 0.338 e. The molecule has 24 heavy (non-hydrogen) atoms. The van der Waals surface area contributed by atoms with Crippen LogP contribution in [0.4, 0.5) is 0 Å². The molecule has 0 atom stereocenters. The monoisotopic (exact) mass is 332 g/mol. The normalized spacial score (nSPS) is 12.4. The lowest BCUT2D eigenvalue weighted by Gasteiger charge is -2.30. The predicted molar refractivity (Wildman–Crippen MR) is 86.7 cm³/mol. The Morgan fingerprint density at radius 1 is 1.21 bits per heavy atom. The minimum Gasteiger partial charge on any atom is -0.871 e. The minimum atomic E-state index is -0.818. The molecule has 0 saturated heterocycles. The molecule has 0 aliphatic rings. The van der Waals surface area contributed by atoms with Crippen LogP contribution in [0, 0.1) is 17.8 Å². The number of fused-ring (bicyclic) bond motifs is 1. The number of carbonyl (C=O) groups is 2. The molecule has 0 amide bonds. The Hall–Kier alpha value is -2.37. The standard InChI is InChI=1S/C18H23NO5/c1-10-19-14-12(20)7-11(8-13(14)24-10)15(21)23-9-18(5,6)16(22)17(2,3)4/h7-8,20H,9H2,1-6H3/p-1. The van der Waals surface area contributed by atoms with Crippen molar-refractivity contribution in [2.75, 3.05) is 6.61 Å². The fourth-order valence-electron chi connectivity index (χ4n) is 2.64. The molecule has 1 heterocycles. The third kappa shape index (κ3) is 3.58. The number of hydrogen-bond donors (Lipinski definition) is 0. The van der Waals surface area contributed by atoms with Crippen LogP contribution in [0.2, 0.25) is 0 Å². The summed E-state index contributed by atoms with van der Waals surface area (Å²) in [7, 11) is 0. The van der Waals surface area contributed by atoms with Gasteiger partial charge in [0.25, 0.3) is 0 Å². The van der Waals surface area contributed by atoms with Crippen molar-refractivity contribution in [1.82, 2.24) is 4.98 Å². The van der Waals surface area contributed by atoms with Gasteiger partial charge in [-0.25, -0.2) is 9.78 Å². The van der Waals surface area contributed by atoms with Crippen LogP contribution in [0.1, 0.15) is 50.9 Å². The van der Waals surface area contributed by atoms with Crippen LogP contribution in [-0.2, 0) is 9.53 Å². The Balaban J connectivity index is 2.17. The number of aromatic nitrogens is 1. The Bertz CT molecular complexity index is 796. The Morgan fingerprint density at radius 2 is 1.83 bits per heavy atom. The highest BCUT2D eigenvalue weighted by atomic mass is 16.5. The average molecular weight is 332 g/mol. The lowest BCUT2D eigenvalue weighted by atomic mass is 9.75. The number of Topliss-reactive ketones (excluding diaryl/α,β-unsaturated/α-hetero) is 1. The third-order valence-corrected chi connectivity index (χ3v) is 3.66. The summed E-state index contributed by atoms with van der Waals surface area (Å²) in [4.78, 5) is 28.6. The number of carbonyl (C=O) groups excluding carboxylic acids is 2. The van der Waals surface area contributed by atoms with Crippen molar-refractivity contribution in [1.29, 1.82) is 0 Å². The molecule has 0 aliphatic carbocycles. The van der Waals surface area contributed by atoms with Crippen LogP contribution >= 0.6 is 0 Å². The maximum absolute atomic E-state index is 12.4. The predicted octanol–water partition coefficient (Wildman–Crippen LogP) is 3.01. The van der Waals surface area contributed by atoms with Crippen LogP contribution in [0.25, 0.3) is 11.1 Å². The van der Waals surface area contributed by atoms with Gasteiger partial charge in [-0.1, -0.05) is 32.6 Å². The van der Waals surface area contributed by atoms with E-state index in [0.717, 1.165) is 0 Å². The van der Waals surface area contributed by atoms with Gasteiger partial charge in [-0.05, 0) is 19.9 Å². The van der Waals surface area contributed by atoms with Gasteiger partial charge in [0.05, 0.1) is 11.0 Å². The number of ketones is 1. The van der Waals surface area contributed by atoms with Gasteiger partial charge >= 0.3 is 5.97 Å². The second-order valence-electron chi connectivity index (χ2n) is 7.59. The fraction of sp³-hybridized carbons (Fsp3) is 0.500. The number of oxazole rings is 1. The van der Waals surface area contributed by atoms with Gasteiger partial charge in [-0.2, -0.15) is 0 Å². The van der Waals surface area contributed by atoms with Crippen LogP contribution < -0.4 is 5.11 Å². The summed E-state index contributed by atoms with van der Waals surface area (Å²) in [6.45, 7) is 10.5. The van der Waals surface area contributed by atoms with Gasteiger partial charge in [0, 0.05) is 12.3 Å². The Morgan fingerprint density at radius 3 is 2.42 bits per heavy atom. The molecule has 0 bridgehead atoms. The van der Waals surface area contributed by atoms with Gasteiger partial charge in [0.2, 0.25) is 0 Å². The fourth-order valence-corrected chi connectivity index (χ4v) is 2.64. The molecule has 2 aromatic rings. The number of rotatable bonds is 4.